The Bertz CT molecular complexity index is 558. The number of benzene rings is 1. The van der Waals surface area contributed by atoms with E-state index in [2.05, 4.69) is 28.2 Å². The zero-order valence-electron chi connectivity index (χ0n) is 10.4. The van der Waals surface area contributed by atoms with E-state index >= 15 is 0 Å². The summed E-state index contributed by atoms with van der Waals surface area (Å²) in [6.45, 7) is 2.91. The van der Waals surface area contributed by atoms with Gasteiger partial charge in [-0.15, -0.1) is 11.3 Å². The van der Waals surface area contributed by atoms with Crippen molar-refractivity contribution >= 4 is 38.9 Å². The highest BCUT2D eigenvalue weighted by atomic mass is 79.9. The zero-order valence-corrected chi connectivity index (χ0v) is 13.6. The summed E-state index contributed by atoms with van der Waals surface area (Å²) in [5.74, 6) is -0.361. The first kappa shape index (κ1) is 15.0. The summed E-state index contributed by atoms with van der Waals surface area (Å²) in [5, 5.41) is 5.68. The van der Waals surface area contributed by atoms with Crippen molar-refractivity contribution in [3.05, 3.63) is 55.4 Å². The highest BCUT2D eigenvalue weighted by Gasteiger charge is 2.17. The number of thiophene rings is 1. The van der Waals surface area contributed by atoms with Crippen molar-refractivity contribution in [1.29, 1.82) is 0 Å². The second-order valence-electron chi connectivity index (χ2n) is 4.16. The van der Waals surface area contributed by atoms with Gasteiger partial charge in [-0.2, -0.15) is 0 Å². The topological polar surface area (TPSA) is 12.0 Å². The lowest BCUT2D eigenvalue weighted by Crippen LogP contribution is -2.22. The van der Waals surface area contributed by atoms with Gasteiger partial charge in [0, 0.05) is 15.4 Å². The largest absolute Gasteiger partial charge is 0.309 e. The van der Waals surface area contributed by atoms with Crippen LogP contribution in [0.3, 0.4) is 0 Å². The van der Waals surface area contributed by atoms with Crippen molar-refractivity contribution < 1.29 is 4.39 Å². The lowest BCUT2D eigenvalue weighted by atomic mass is 10.0. The Morgan fingerprint density at radius 3 is 2.84 bits per heavy atom. The molecule has 19 heavy (non-hydrogen) atoms. The Balaban J connectivity index is 2.27. The Labute approximate surface area is 129 Å². The predicted molar refractivity (Wildman–Crippen MR) is 83.6 cm³/mol. The molecule has 0 aliphatic carbocycles. The quantitative estimate of drug-likeness (QED) is 0.771. The molecule has 0 amide bonds. The predicted octanol–water partition coefficient (Wildman–Crippen LogP) is 5.20. The van der Waals surface area contributed by atoms with E-state index in [4.69, 9.17) is 11.6 Å². The molecule has 0 fully saturated rings. The molecule has 0 saturated carbocycles. The molecule has 5 heteroatoms. The maximum Gasteiger partial charge on any atom is 0.142 e. The monoisotopic (exact) mass is 361 g/mol. The first-order valence-corrected chi connectivity index (χ1v) is 8.07. The van der Waals surface area contributed by atoms with Crippen LogP contribution in [-0.2, 0) is 6.42 Å². The molecule has 0 aliphatic heterocycles. The van der Waals surface area contributed by atoms with Crippen LogP contribution in [0.1, 0.15) is 23.4 Å². The lowest BCUT2D eigenvalue weighted by Gasteiger charge is -2.18. The Morgan fingerprint density at radius 1 is 1.42 bits per heavy atom. The number of nitrogens with one attached hydrogen (secondary N) is 1. The molecular formula is C14H14BrClFNS. The molecule has 0 radical (unpaired) electrons. The van der Waals surface area contributed by atoms with Gasteiger partial charge in [-0.3, -0.25) is 0 Å². The summed E-state index contributed by atoms with van der Waals surface area (Å²) in [4.78, 5) is 1.21. The summed E-state index contributed by atoms with van der Waals surface area (Å²) in [6, 6.07) is 7.12. The third-order valence-corrected chi connectivity index (χ3v) is 5.28. The number of hydrogen-bond donors (Lipinski definition) is 1. The van der Waals surface area contributed by atoms with Crippen molar-refractivity contribution in [2.45, 2.75) is 19.4 Å². The van der Waals surface area contributed by atoms with E-state index < -0.39 is 0 Å². The minimum atomic E-state index is -0.361. The molecule has 1 N–H and O–H groups in total. The summed E-state index contributed by atoms with van der Waals surface area (Å²) in [7, 11) is 0. The summed E-state index contributed by atoms with van der Waals surface area (Å²) < 4.78 is 14.6. The second-order valence-corrected chi connectivity index (χ2v) is 6.34. The van der Waals surface area contributed by atoms with Gasteiger partial charge in [0.05, 0.1) is 5.02 Å². The summed E-state index contributed by atoms with van der Waals surface area (Å²) in [5.41, 5.74) is 0.827. The fourth-order valence-electron chi connectivity index (χ4n) is 1.98. The standard InChI is InChI=1S/C14H14BrClFNS/c1-2-18-12(14-10(15)6-7-19-14)8-9-4-3-5-11(17)13(9)16/h3-7,12,18H,2,8H2,1H3. The molecule has 1 atom stereocenters. The molecule has 1 nitrogen and oxygen atoms in total. The SMILES string of the molecule is CCNC(Cc1cccc(F)c1Cl)c1sccc1Br. The van der Waals surface area contributed by atoms with Crippen LogP contribution < -0.4 is 5.32 Å². The molecule has 0 aliphatic rings. The van der Waals surface area contributed by atoms with Crippen LogP contribution in [-0.4, -0.2) is 6.54 Å². The molecule has 1 unspecified atom stereocenters. The van der Waals surface area contributed by atoms with Crippen molar-refractivity contribution in [3.63, 3.8) is 0 Å². The third-order valence-electron chi connectivity index (χ3n) is 2.87. The molecule has 1 aromatic heterocycles. The Kier molecular flexibility index (Phi) is 5.39. The van der Waals surface area contributed by atoms with Gasteiger partial charge in [0.15, 0.2) is 0 Å². The maximum atomic E-state index is 13.5. The Morgan fingerprint density at radius 2 is 2.21 bits per heavy atom. The van der Waals surface area contributed by atoms with Gasteiger partial charge in [-0.05, 0) is 52.0 Å². The number of likely N-dealkylation sites (N-methyl/N-ethyl adjacent to an activating group) is 1. The van der Waals surface area contributed by atoms with Crippen LogP contribution in [0.2, 0.25) is 5.02 Å². The average Bonchev–Trinajstić information content (AvgIpc) is 2.80. The van der Waals surface area contributed by atoms with E-state index in [1.807, 2.05) is 17.5 Å². The Hall–Kier alpha value is -0.420. The first-order valence-electron chi connectivity index (χ1n) is 6.02. The highest BCUT2D eigenvalue weighted by Crippen LogP contribution is 2.32. The van der Waals surface area contributed by atoms with Crippen LogP contribution in [0, 0.1) is 5.82 Å². The zero-order chi connectivity index (χ0) is 13.8. The van der Waals surface area contributed by atoms with Gasteiger partial charge in [-0.1, -0.05) is 30.7 Å². The molecule has 0 bridgehead atoms. The van der Waals surface area contributed by atoms with Crippen molar-refractivity contribution in [1.82, 2.24) is 5.32 Å². The van der Waals surface area contributed by atoms with Crippen LogP contribution in [0.5, 0.6) is 0 Å². The van der Waals surface area contributed by atoms with Crippen LogP contribution in [0.25, 0.3) is 0 Å². The number of rotatable bonds is 5. The highest BCUT2D eigenvalue weighted by molar-refractivity contribution is 9.10. The van der Waals surface area contributed by atoms with Crippen LogP contribution in [0.4, 0.5) is 4.39 Å². The minimum Gasteiger partial charge on any atom is -0.309 e. The lowest BCUT2D eigenvalue weighted by molar-refractivity contribution is 0.553. The van der Waals surface area contributed by atoms with Gasteiger partial charge in [0.25, 0.3) is 0 Å². The van der Waals surface area contributed by atoms with Gasteiger partial charge in [0.2, 0.25) is 0 Å². The first-order chi connectivity index (χ1) is 9.13. The van der Waals surface area contributed by atoms with E-state index in [9.17, 15) is 4.39 Å². The molecule has 102 valence electrons. The minimum absolute atomic E-state index is 0.138. The van der Waals surface area contributed by atoms with Gasteiger partial charge in [0.1, 0.15) is 5.82 Å². The molecule has 0 saturated heterocycles. The normalized spacial score (nSPS) is 12.6. The van der Waals surface area contributed by atoms with Crippen LogP contribution in [0.15, 0.2) is 34.1 Å². The average molecular weight is 363 g/mol. The van der Waals surface area contributed by atoms with Gasteiger partial charge in [-0.25, -0.2) is 4.39 Å². The molecule has 2 rings (SSSR count). The molecule has 0 spiro atoms. The van der Waals surface area contributed by atoms with Crippen molar-refractivity contribution in [2.75, 3.05) is 6.54 Å². The fraction of sp³-hybridized carbons (Fsp3) is 0.286. The van der Waals surface area contributed by atoms with E-state index in [1.54, 1.807) is 17.4 Å². The van der Waals surface area contributed by atoms with E-state index in [-0.39, 0.29) is 16.9 Å². The van der Waals surface area contributed by atoms with E-state index in [0.717, 1.165) is 16.6 Å². The summed E-state index contributed by atoms with van der Waals surface area (Å²) in [6.07, 6.45) is 0.670. The third kappa shape index (κ3) is 3.57. The maximum absolute atomic E-state index is 13.5. The van der Waals surface area contributed by atoms with Gasteiger partial charge < -0.3 is 5.32 Å². The number of hydrogen-bond acceptors (Lipinski definition) is 2. The molecule has 2 aromatic rings. The van der Waals surface area contributed by atoms with Crippen molar-refractivity contribution in [3.8, 4) is 0 Å². The second kappa shape index (κ2) is 6.84. The number of halogens is 3. The van der Waals surface area contributed by atoms with E-state index in [0.29, 0.717) is 6.42 Å². The molecular weight excluding hydrogens is 349 g/mol. The van der Waals surface area contributed by atoms with E-state index in [1.165, 1.54) is 10.9 Å². The molecule has 1 heterocycles. The summed E-state index contributed by atoms with van der Waals surface area (Å²) >= 11 is 11.3. The van der Waals surface area contributed by atoms with Gasteiger partial charge >= 0.3 is 0 Å². The fourth-order valence-corrected chi connectivity index (χ4v) is 3.91. The van der Waals surface area contributed by atoms with Crippen LogP contribution >= 0.6 is 38.9 Å². The smallest absolute Gasteiger partial charge is 0.142 e. The van der Waals surface area contributed by atoms with Crippen molar-refractivity contribution in [2.24, 2.45) is 0 Å². The molecule has 1 aromatic carbocycles.